The molecule has 0 fully saturated rings. The molecule has 0 aromatic carbocycles. The predicted octanol–water partition coefficient (Wildman–Crippen LogP) is 4.86. The van der Waals surface area contributed by atoms with E-state index in [0.29, 0.717) is 5.92 Å². The largest absolute Gasteiger partial charge is 0.245 e. The minimum Gasteiger partial charge on any atom is -0.245 e. The third kappa shape index (κ3) is 2.85. The van der Waals surface area contributed by atoms with Gasteiger partial charge in [-0.15, -0.1) is 11.3 Å². The fourth-order valence-corrected chi connectivity index (χ4v) is 2.92. The Bertz CT molecular complexity index is 361. The summed E-state index contributed by atoms with van der Waals surface area (Å²) in [6.07, 6.45) is 0. The lowest BCUT2D eigenvalue weighted by Crippen LogP contribution is -2.12. The molecule has 0 aliphatic rings. The average Bonchev–Trinajstić information content (AvgIpc) is 2.44. The molecular formula is C14H25NS. The van der Waals surface area contributed by atoms with Gasteiger partial charge in [-0.3, -0.25) is 0 Å². The lowest BCUT2D eigenvalue weighted by molar-refractivity contribution is 0.574. The third-order valence-electron chi connectivity index (χ3n) is 2.52. The first-order chi connectivity index (χ1) is 7.03. The van der Waals surface area contributed by atoms with E-state index in [1.165, 1.54) is 15.6 Å². The van der Waals surface area contributed by atoms with Crippen LogP contribution < -0.4 is 0 Å². The van der Waals surface area contributed by atoms with Crippen molar-refractivity contribution >= 4 is 11.3 Å². The monoisotopic (exact) mass is 239 g/mol. The van der Waals surface area contributed by atoms with Gasteiger partial charge in [-0.2, -0.15) is 0 Å². The molecule has 1 aromatic rings. The highest BCUT2D eigenvalue weighted by molar-refractivity contribution is 7.12. The quantitative estimate of drug-likeness (QED) is 0.682. The van der Waals surface area contributed by atoms with Crippen LogP contribution in [-0.2, 0) is 10.8 Å². The van der Waals surface area contributed by atoms with Gasteiger partial charge in [-0.05, 0) is 11.3 Å². The van der Waals surface area contributed by atoms with Crippen LogP contribution in [0.15, 0.2) is 0 Å². The summed E-state index contributed by atoms with van der Waals surface area (Å²) in [7, 11) is 0. The molecule has 0 bridgehead atoms. The minimum absolute atomic E-state index is 0.164. The van der Waals surface area contributed by atoms with Gasteiger partial charge in [-0.1, -0.05) is 55.4 Å². The average molecular weight is 239 g/mol. The molecule has 1 nitrogen and oxygen atoms in total. The van der Waals surface area contributed by atoms with Crippen molar-refractivity contribution < 1.29 is 0 Å². The maximum absolute atomic E-state index is 4.87. The maximum Gasteiger partial charge on any atom is 0.0984 e. The molecule has 0 saturated heterocycles. The number of aromatic nitrogens is 1. The number of hydrogen-bond acceptors (Lipinski definition) is 2. The SMILES string of the molecule is CC(C)c1nc(C(C)(C)C)sc1C(C)(C)C. The molecule has 0 unspecified atom stereocenters. The first kappa shape index (κ1) is 13.7. The Kier molecular flexibility index (Phi) is 3.54. The van der Waals surface area contributed by atoms with Gasteiger partial charge in [0.15, 0.2) is 0 Å². The summed E-state index contributed by atoms with van der Waals surface area (Å²) >= 11 is 1.89. The fraction of sp³-hybridized carbons (Fsp3) is 0.786. The predicted molar refractivity (Wildman–Crippen MR) is 73.6 cm³/mol. The number of rotatable bonds is 1. The molecule has 0 N–H and O–H groups in total. The van der Waals surface area contributed by atoms with E-state index < -0.39 is 0 Å². The van der Waals surface area contributed by atoms with Crippen molar-refractivity contribution in [3.63, 3.8) is 0 Å². The molecule has 16 heavy (non-hydrogen) atoms. The zero-order valence-corrected chi connectivity index (χ0v) is 12.7. The zero-order chi connectivity index (χ0) is 12.7. The second kappa shape index (κ2) is 4.14. The van der Waals surface area contributed by atoms with Gasteiger partial charge in [0.2, 0.25) is 0 Å². The lowest BCUT2D eigenvalue weighted by Gasteiger charge is -2.19. The zero-order valence-electron chi connectivity index (χ0n) is 11.9. The fourth-order valence-electron chi connectivity index (χ4n) is 1.58. The molecule has 0 radical (unpaired) electrons. The van der Waals surface area contributed by atoms with Crippen LogP contribution in [0, 0.1) is 0 Å². The molecule has 0 saturated carbocycles. The molecule has 0 spiro atoms. The van der Waals surface area contributed by atoms with Crippen LogP contribution in [0.4, 0.5) is 0 Å². The van der Waals surface area contributed by atoms with E-state index in [9.17, 15) is 0 Å². The van der Waals surface area contributed by atoms with E-state index >= 15 is 0 Å². The molecule has 0 amide bonds. The first-order valence-corrected chi connectivity index (χ1v) is 6.87. The molecule has 2 heteroatoms. The number of hydrogen-bond donors (Lipinski definition) is 0. The topological polar surface area (TPSA) is 12.9 Å². The highest BCUT2D eigenvalue weighted by Crippen LogP contribution is 2.38. The molecule has 1 rings (SSSR count). The van der Waals surface area contributed by atoms with Crippen molar-refractivity contribution in [3.05, 3.63) is 15.6 Å². The van der Waals surface area contributed by atoms with Gasteiger partial charge in [0.1, 0.15) is 0 Å². The minimum atomic E-state index is 0.164. The van der Waals surface area contributed by atoms with Gasteiger partial charge < -0.3 is 0 Å². The van der Waals surface area contributed by atoms with Crippen LogP contribution in [0.5, 0.6) is 0 Å². The Morgan fingerprint density at radius 1 is 0.938 bits per heavy atom. The summed E-state index contributed by atoms with van der Waals surface area (Å²) in [5.41, 5.74) is 1.67. The van der Waals surface area contributed by atoms with Crippen molar-refractivity contribution in [1.29, 1.82) is 0 Å². The summed E-state index contributed by atoms with van der Waals surface area (Å²) in [5, 5.41) is 1.26. The van der Waals surface area contributed by atoms with Crippen molar-refractivity contribution in [3.8, 4) is 0 Å². The second-order valence-electron chi connectivity index (χ2n) is 6.89. The van der Waals surface area contributed by atoms with Gasteiger partial charge in [0.25, 0.3) is 0 Å². The molecule has 1 heterocycles. The van der Waals surface area contributed by atoms with Crippen molar-refractivity contribution in [2.45, 2.75) is 72.1 Å². The number of thiazole rings is 1. The van der Waals surface area contributed by atoms with E-state index in [1.54, 1.807) is 0 Å². The molecule has 92 valence electrons. The lowest BCUT2D eigenvalue weighted by atomic mass is 9.90. The molecule has 0 aliphatic heterocycles. The Hall–Kier alpha value is -0.370. The summed E-state index contributed by atoms with van der Waals surface area (Å²) in [4.78, 5) is 6.32. The molecular weight excluding hydrogens is 214 g/mol. The van der Waals surface area contributed by atoms with Crippen LogP contribution in [0.3, 0.4) is 0 Å². The van der Waals surface area contributed by atoms with Crippen LogP contribution >= 0.6 is 11.3 Å². The molecule has 1 aromatic heterocycles. The second-order valence-corrected chi connectivity index (χ2v) is 7.89. The van der Waals surface area contributed by atoms with E-state index in [4.69, 9.17) is 4.98 Å². The first-order valence-electron chi connectivity index (χ1n) is 6.05. The van der Waals surface area contributed by atoms with Crippen LogP contribution in [0.2, 0.25) is 0 Å². The van der Waals surface area contributed by atoms with E-state index in [1.807, 2.05) is 11.3 Å². The molecule has 0 atom stereocenters. The Balaban J connectivity index is 3.32. The van der Waals surface area contributed by atoms with Crippen LogP contribution in [0.1, 0.15) is 76.9 Å². The van der Waals surface area contributed by atoms with Crippen LogP contribution in [0.25, 0.3) is 0 Å². The smallest absolute Gasteiger partial charge is 0.0984 e. The van der Waals surface area contributed by atoms with Crippen molar-refractivity contribution in [2.75, 3.05) is 0 Å². The Labute approximate surface area is 104 Å². The highest BCUT2D eigenvalue weighted by atomic mass is 32.1. The number of nitrogens with zero attached hydrogens (tertiary/aromatic N) is 1. The summed E-state index contributed by atoms with van der Waals surface area (Å²) in [6.45, 7) is 18.0. The maximum atomic E-state index is 4.87. The summed E-state index contributed by atoms with van der Waals surface area (Å²) in [5.74, 6) is 0.515. The molecule has 0 aliphatic carbocycles. The van der Waals surface area contributed by atoms with Gasteiger partial charge >= 0.3 is 0 Å². The van der Waals surface area contributed by atoms with E-state index in [0.717, 1.165) is 0 Å². The summed E-state index contributed by atoms with van der Waals surface area (Å²) in [6, 6.07) is 0. The standard InChI is InChI=1S/C14H25NS/c1-9(2)10-11(13(3,4)5)16-12(15-10)14(6,7)8/h9H,1-8H3. The van der Waals surface area contributed by atoms with Crippen molar-refractivity contribution in [1.82, 2.24) is 4.98 Å². The van der Waals surface area contributed by atoms with E-state index in [-0.39, 0.29) is 10.8 Å². The highest BCUT2D eigenvalue weighted by Gasteiger charge is 2.28. The van der Waals surface area contributed by atoms with Gasteiger partial charge in [-0.25, -0.2) is 4.98 Å². The van der Waals surface area contributed by atoms with E-state index in [2.05, 4.69) is 55.4 Å². The third-order valence-corrected chi connectivity index (χ3v) is 4.45. The summed E-state index contributed by atoms with van der Waals surface area (Å²) < 4.78 is 0. The van der Waals surface area contributed by atoms with Gasteiger partial charge in [0, 0.05) is 10.3 Å². The Morgan fingerprint density at radius 3 is 1.69 bits per heavy atom. The Morgan fingerprint density at radius 2 is 1.44 bits per heavy atom. The van der Waals surface area contributed by atoms with Gasteiger partial charge in [0.05, 0.1) is 10.7 Å². The van der Waals surface area contributed by atoms with Crippen molar-refractivity contribution in [2.24, 2.45) is 0 Å². The van der Waals surface area contributed by atoms with Crippen LogP contribution in [-0.4, -0.2) is 4.98 Å². The normalized spacial score (nSPS) is 13.6.